The van der Waals surface area contributed by atoms with E-state index in [1.165, 1.54) is 57.8 Å². The van der Waals surface area contributed by atoms with Crippen LogP contribution in [0, 0.1) is 5.41 Å². The summed E-state index contributed by atoms with van der Waals surface area (Å²) in [6.45, 7) is 2.24. The molecular weight excluding hydrogens is 337 g/mol. The first-order valence-corrected chi connectivity index (χ1v) is 7.38. The fourth-order valence-corrected chi connectivity index (χ4v) is 3.67. The van der Waals surface area contributed by atoms with E-state index in [0.717, 1.165) is 19.0 Å². The molecule has 3 aliphatic rings. The summed E-state index contributed by atoms with van der Waals surface area (Å²) in [6, 6.07) is 0.563. The highest BCUT2D eigenvalue weighted by Gasteiger charge is 2.55. The Morgan fingerprint density at radius 2 is 1.61 bits per heavy atom. The van der Waals surface area contributed by atoms with Crippen molar-refractivity contribution in [2.24, 2.45) is 16.1 Å². The summed E-state index contributed by atoms with van der Waals surface area (Å²) < 4.78 is 0. The minimum absolute atomic E-state index is 0. The molecule has 0 aromatic rings. The van der Waals surface area contributed by atoms with Crippen LogP contribution in [0.15, 0.2) is 4.99 Å². The molecule has 3 fully saturated rings. The van der Waals surface area contributed by atoms with E-state index in [2.05, 4.69) is 4.90 Å². The number of nitrogens with zero attached hydrogens (tertiary/aromatic N) is 2. The summed E-state index contributed by atoms with van der Waals surface area (Å²) in [5.41, 5.74) is 6.78. The van der Waals surface area contributed by atoms with Gasteiger partial charge in [0.15, 0.2) is 5.96 Å². The molecule has 2 N–H and O–H groups in total. The molecule has 0 amide bonds. The van der Waals surface area contributed by atoms with Crippen molar-refractivity contribution in [1.82, 2.24) is 4.90 Å². The van der Waals surface area contributed by atoms with Crippen LogP contribution in [0.2, 0.25) is 0 Å². The Kier molecular flexibility index (Phi) is 4.78. The molecule has 0 bridgehead atoms. The summed E-state index contributed by atoms with van der Waals surface area (Å²) in [7, 11) is 0. The lowest BCUT2D eigenvalue weighted by atomic mass is 10.1. The Morgan fingerprint density at radius 1 is 1.00 bits per heavy atom. The number of aliphatic imine (C=N–C) groups is 1. The first kappa shape index (κ1) is 14.4. The van der Waals surface area contributed by atoms with Gasteiger partial charge < -0.3 is 10.6 Å². The SMILES string of the molecule is I.NC(=NC1CC12CCCC2)N1CCCCCC1. The minimum Gasteiger partial charge on any atom is -0.370 e. The summed E-state index contributed by atoms with van der Waals surface area (Å²) in [5.74, 6) is 0.834. The third-order valence-corrected chi connectivity index (χ3v) is 4.96. The number of nitrogens with two attached hydrogens (primary N) is 1. The second-order valence-electron chi connectivity index (χ2n) is 6.18. The molecule has 2 aliphatic carbocycles. The quantitative estimate of drug-likeness (QED) is 0.442. The van der Waals surface area contributed by atoms with Crippen LogP contribution in [0.4, 0.5) is 0 Å². The maximum Gasteiger partial charge on any atom is 0.191 e. The van der Waals surface area contributed by atoms with Crippen LogP contribution >= 0.6 is 24.0 Å². The monoisotopic (exact) mass is 363 g/mol. The van der Waals surface area contributed by atoms with Gasteiger partial charge in [0.05, 0.1) is 6.04 Å². The Hall–Kier alpha value is 0. The van der Waals surface area contributed by atoms with Crippen LogP contribution in [0.25, 0.3) is 0 Å². The number of hydrogen-bond donors (Lipinski definition) is 1. The fourth-order valence-electron chi connectivity index (χ4n) is 3.67. The van der Waals surface area contributed by atoms with Crippen LogP contribution in [-0.2, 0) is 0 Å². The smallest absolute Gasteiger partial charge is 0.191 e. The van der Waals surface area contributed by atoms with Gasteiger partial charge in [-0.2, -0.15) is 0 Å². The van der Waals surface area contributed by atoms with E-state index in [9.17, 15) is 0 Å². The van der Waals surface area contributed by atoms with Gasteiger partial charge in [0.1, 0.15) is 0 Å². The van der Waals surface area contributed by atoms with E-state index in [0.29, 0.717) is 11.5 Å². The van der Waals surface area contributed by atoms with Gasteiger partial charge in [-0.15, -0.1) is 24.0 Å². The highest BCUT2D eigenvalue weighted by molar-refractivity contribution is 14.0. The van der Waals surface area contributed by atoms with E-state index in [4.69, 9.17) is 10.7 Å². The number of halogens is 1. The van der Waals surface area contributed by atoms with Crippen molar-refractivity contribution < 1.29 is 0 Å². The third kappa shape index (κ3) is 2.94. The predicted molar refractivity (Wildman–Crippen MR) is 86.4 cm³/mol. The van der Waals surface area contributed by atoms with Gasteiger partial charge in [0, 0.05) is 13.1 Å². The van der Waals surface area contributed by atoms with Crippen LogP contribution in [0.3, 0.4) is 0 Å². The highest BCUT2D eigenvalue weighted by Crippen LogP contribution is 2.59. The lowest BCUT2D eigenvalue weighted by Crippen LogP contribution is -2.38. The summed E-state index contributed by atoms with van der Waals surface area (Å²) in [5, 5.41) is 0. The molecule has 1 heterocycles. The molecule has 1 aliphatic heterocycles. The third-order valence-electron chi connectivity index (χ3n) is 4.96. The topological polar surface area (TPSA) is 41.6 Å². The summed E-state index contributed by atoms with van der Waals surface area (Å²) in [4.78, 5) is 7.12. The van der Waals surface area contributed by atoms with E-state index < -0.39 is 0 Å². The van der Waals surface area contributed by atoms with Crippen LogP contribution in [0.1, 0.15) is 57.8 Å². The van der Waals surface area contributed by atoms with Crippen LogP contribution in [-0.4, -0.2) is 30.0 Å². The Morgan fingerprint density at radius 3 is 2.22 bits per heavy atom. The summed E-state index contributed by atoms with van der Waals surface area (Å²) >= 11 is 0. The average Bonchev–Trinajstić information content (AvgIpc) is 2.88. The predicted octanol–water partition coefficient (Wildman–Crippen LogP) is 3.13. The van der Waals surface area contributed by atoms with Crippen molar-refractivity contribution >= 4 is 29.9 Å². The molecule has 4 heteroatoms. The zero-order valence-corrected chi connectivity index (χ0v) is 13.6. The first-order chi connectivity index (χ1) is 8.30. The van der Waals surface area contributed by atoms with Gasteiger partial charge in [0.2, 0.25) is 0 Å². The van der Waals surface area contributed by atoms with Gasteiger partial charge >= 0.3 is 0 Å². The van der Waals surface area contributed by atoms with Gasteiger partial charge in [-0.05, 0) is 37.5 Å². The van der Waals surface area contributed by atoms with Crippen molar-refractivity contribution in [1.29, 1.82) is 0 Å². The maximum atomic E-state index is 6.19. The molecule has 0 aromatic heterocycles. The Labute approximate surface area is 128 Å². The van der Waals surface area contributed by atoms with Gasteiger partial charge in [0.25, 0.3) is 0 Å². The number of rotatable bonds is 1. The lowest BCUT2D eigenvalue weighted by Gasteiger charge is -2.21. The largest absolute Gasteiger partial charge is 0.370 e. The lowest BCUT2D eigenvalue weighted by molar-refractivity contribution is 0.425. The molecule has 3 rings (SSSR count). The number of hydrogen-bond acceptors (Lipinski definition) is 1. The van der Waals surface area contributed by atoms with Gasteiger partial charge in [-0.3, -0.25) is 0 Å². The second kappa shape index (κ2) is 5.97. The molecule has 0 aromatic carbocycles. The average molecular weight is 363 g/mol. The van der Waals surface area contributed by atoms with Crippen LogP contribution < -0.4 is 5.73 Å². The molecule has 18 heavy (non-hydrogen) atoms. The molecule has 1 atom stereocenters. The molecular formula is C14H26IN3. The fraction of sp³-hybridized carbons (Fsp3) is 0.929. The summed E-state index contributed by atoms with van der Waals surface area (Å²) in [6.07, 6.45) is 12.2. The van der Waals surface area contributed by atoms with E-state index in [-0.39, 0.29) is 24.0 Å². The molecule has 104 valence electrons. The zero-order valence-electron chi connectivity index (χ0n) is 11.2. The number of guanidine groups is 1. The standard InChI is InChI=1S/C14H25N3.HI/c15-13(17-9-5-1-2-6-10-17)16-12-11-14(12)7-3-4-8-14;/h12H,1-11H2,(H2,15,16);1H. The molecule has 1 saturated heterocycles. The van der Waals surface area contributed by atoms with Crippen molar-refractivity contribution in [3.63, 3.8) is 0 Å². The van der Waals surface area contributed by atoms with Crippen molar-refractivity contribution in [2.75, 3.05) is 13.1 Å². The van der Waals surface area contributed by atoms with E-state index >= 15 is 0 Å². The zero-order chi connectivity index (χ0) is 11.7. The van der Waals surface area contributed by atoms with Gasteiger partial charge in [-0.1, -0.05) is 25.7 Å². The van der Waals surface area contributed by atoms with E-state index in [1.807, 2.05) is 0 Å². The van der Waals surface area contributed by atoms with Crippen molar-refractivity contribution in [2.45, 2.75) is 63.8 Å². The number of likely N-dealkylation sites (tertiary alicyclic amines) is 1. The highest BCUT2D eigenvalue weighted by atomic mass is 127. The molecule has 3 nitrogen and oxygen atoms in total. The van der Waals surface area contributed by atoms with E-state index in [1.54, 1.807) is 0 Å². The Balaban J connectivity index is 0.00000120. The van der Waals surface area contributed by atoms with Gasteiger partial charge in [-0.25, -0.2) is 4.99 Å². The van der Waals surface area contributed by atoms with Crippen molar-refractivity contribution in [3.8, 4) is 0 Å². The second-order valence-corrected chi connectivity index (χ2v) is 6.18. The Bertz CT molecular complexity index is 302. The van der Waals surface area contributed by atoms with Crippen molar-refractivity contribution in [3.05, 3.63) is 0 Å². The van der Waals surface area contributed by atoms with Crippen LogP contribution in [0.5, 0.6) is 0 Å². The molecule has 1 spiro atoms. The molecule has 0 radical (unpaired) electrons. The first-order valence-electron chi connectivity index (χ1n) is 7.38. The minimum atomic E-state index is 0. The molecule has 1 unspecified atom stereocenters. The normalized spacial score (nSPS) is 31.0. The maximum absolute atomic E-state index is 6.19. The molecule has 2 saturated carbocycles.